The van der Waals surface area contributed by atoms with E-state index in [0.717, 1.165) is 12.8 Å². The molecule has 0 aliphatic carbocycles. The van der Waals surface area contributed by atoms with Gasteiger partial charge in [0.05, 0.1) is 0 Å². The molecule has 0 radical (unpaired) electrons. The average molecular weight is 234 g/mol. The number of aliphatic hydroxyl groups excluding tert-OH is 2. The van der Waals surface area contributed by atoms with Crippen LogP contribution in [0.3, 0.4) is 0 Å². The molecule has 16 heavy (non-hydrogen) atoms. The molecule has 0 spiro atoms. The molecule has 4 N–H and O–H groups in total. The summed E-state index contributed by atoms with van der Waals surface area (Å²) < 4.78 is 0. The van der Waals surface area contributed by atoms with Crippen LogP contribution < -0.4 is 0 Å². The van der Waals surface area contributed by atoms with Gasteiger partial charge < -0.3 is 20.4 Å². The second-order valence-corrected chi connectivity index (χ2v) is 3.70. The monoisotopic (exact) mass is 234 g/mol. The van der Waals surface area contributed by atoms with Crippen molar-refractivity contribution in [2.75, 3.05) is 0 Å². The highest BCUT2D eigenvalue weighted by atomic mass is 16.4. The first-order valence-corrected chi connectivity index (χ1v) is 5.27. The van der Waals surface area contributed by atoms with Gasteiger partial charge in [0.2, 0.25) is 0 Å². The minimum atomic E-state index is -1.32. The molecule has 0 saturated heterocycles. The Morgan fingerprint density at radius 3 is 1.31 bits per heavy atom. The summed E-state index contributed by atoms with van der Waals surface area (Å²) in [6.45, 7) is 0. The zero-order valence-electron chi connectivity index (χ0n) is 9.00. The standard InChI is InChI=1S/C10H18O6/c11-7(9(13)14)5-3-1-2-4-6-8(12)10(15)16/h7-8,11-12H,1-6H2,(H,13,14)(H,15,16). The molecule has 6 nitrogen and oxygen atoms in total. The number of rotatable bonds is 9. The van der Waals surface area contributed by atoms with Crippen LogP contribution in [0.5, 0.6) is 0 Å². The summed E-state index contributed by atoms with van der Waals surface area (Å²) in [5.74, 6) is -2.44. The highest BCUT2D eigenvalue weighted by Crippen LogP contribution is 2.09. The molecule has 0 fully saturated rings. The Kier molecular flexibility index (Phi) is 7.49. The van der Waals surface area contributed by atoms with Gasteiger partial charge >= 0.3 is 11.9 Å². The van der Waals surface area contributed by atoms with Crippen LogP contribution in [0.2, 0.25) is 0 Å². The summed E-state index contributed by atoms with van der Waals surface area (Å²) >= 11 is 0. The van der Waals surface area contributed by atoms with Gasteiger partial charge in [-0.25, -0.2) is 9.59 Å². The Morgan fingerprint density at radius 2 is 1.06 bits per heavy atom. The molecule has 0 aromatic heterocycles. The van der Waals surface area contributed by atoms with E-state index < -0.39 is 24.1 Å². The Morgan fingerprint density at radius 1 is 0.750 bits per heavy atom. The SMILES string of the molecule is O=C(O)C(O)CCCCCCC(O)C(=O)O. The van der Waals surface area contributed by atoms with Crippen molar-refractivity contribution in [1.82, 2.24) is 0 Å². The van der Waals surface area contributed by atoms with Crippen LogP contribution >= 0.6 is 0 Å². The number of carbonyl (C=O) groups is 2. The molecular weight excluding hydrogens is 216 g/mol. The smallest absolute Gasteiger partial charge is 0.332 e. The number of hydrogen-bond donors (Lipinski definition) is 4. The van der Waals surface area contributed by atoms with Gasteiger partial charge in [-0.05, 0) is 12.8 Å². The molecule has 2 atom stereocenters. The molecule has 0 aliphatic rings. The second-order valence-electron chi connectivity index (χ2n) is 3.70. The van der Waals surface area contributed by atoms with Gasteiger partial charge in [0, 0.05) is 0 Å². The van der Waals surface area contributed by atoms with E-state index in [-0.39, 0.29) is 12.8 Å². The van der Waals surface area contributed by atoms with Crippen LogP contribution in [0.4, 0.5) is 0 Å². The van der Waals surface area contributed by atoms with Gasteiger partial charge in [0.1, 0.15) is 0 Å². The molecule has 0 aliphatic heterocycles. The van der Waals surface area contributed by atoms with Gasteiger partial charge in [0.25, 0.3) is 0 Å². The molecule has 0 amide bonds. The minimum Gasteiger partial charge on any atom is -0.479 e. The predicted molar refractivity (Wildman–Crippen MR) is 55.0 cm³/mol. The van der Waals surface area contributed by atoms with E-state index in [1.165, 1.54) is 0 Å². The van der Waals surface area contributed by atoms with Crippen molar-refractivity contribution in [3.05, 3.63) is 0 Å². The third kappa shape index (κ3) is 7.19. The first kappa shape index (κ1) is 14.9. The fourth-order valence-electron chi connectivity index (χ4n) is 1.28. The number of aliphatic hydroxyl groups is 2. The normalized spacial score (nSPS) is 14.4. The van der Waals surface area contributed by atoms with Crippen molar-refractivity contribution in [2.24, 2.45) is 0 Å². The van der Waals surface area contributed by atoms with E-state index in [1.54, 1.807) is 0 Å². The third-order valence-corrected chi connectivity index (χ3v) is 2.28. The molecule has 6 heteroatoms. The van der Waals surface area contributed by atoms with Crippen LogP contribution in [0.1, 0.15) is 38.5 Å². The molecule has 0 saturated carbocycles. The maximum atomic E-state index is 10.2. The maximum absolute atomic E-state index is 10.2. The topological polar surface area (TPSA) is 115 Å². The first-order valence-electron chi connectivity index (χ1n) is 5.27. The van der Waals surface area contributed by atoms with Crippen molar-refractivity contribution in [3.63, 3.8) is 0 Å². The summed E-state index contributed by atoms with van der Waals surface area (Å²) in [5, 5.41) is 34.6. The van der Waals surface area contributed by atoms with E-state index in [0.29, 0.717) is 12.8 Å². The lowest BCUT2D eigenvalue weighted by Gasteiger charge is -2.06. The van der Waals surface area contributed by atoms with Crippen LogP contribution in [0.15, 0.2) is 0 Å². The fourth-order valence-corrected chi connectivity index (χ4v) is 1.28. The Bertz CT molecular complexity index is 203. The molecule has 0 aromatic carbocycles. The van der Waals surface area contributed by atoms with Crippen LogP contribution in [-0.4, -0.2) is 44.6 Å². The summed E-state index contributed by atoms with van der Waals surface area (Å²) in [7, 11) is 0. The minimum absolute atomic E-state index is 0.205. The third-order valence-electron chi connectivity index (χ3n) is 2.28. The van der Waals surface area contributed by atoms with Gasteiger partial charge in [-0.15, -0.1) is 0 Å². The fraction of sp³-hybridized carbons (Fsp3) is 0.800. The van der Waals surface area contributed by atoms with E-state index in [9.17, 15) is 9.59 Å². The van der Waals surface area contributed by atoms with Crippen LogP contribution in [-0.2, 0) is 9.59 Å². The molecule has 2 unspecified atom stereocenters. The van der Waals surface area contributed by atoms with E-state index in [2.05, 4.69) is 0 Å². The van der Waals surface area contributed by atoms with Crippen molar-refractivity contribution in [3.8, 4) is 0 Å². The van der Waals surface area contributed by atoms with E-state index in [1.807, 2.05) is 0 Å². The lowest BCUT2D eigenvalue weighted by molar-refractivity contribution is -0.147. The van der Waals surface area contributed by atoms with Crippen LogP contribution in [0.25, 0.3) is 0 Å². The largest absolute Gasteiger partial charge is 0.479 e. The zero-order valence-corrected chi connectivity index (χ0v) is 9.00. The highest BCUT2D eigenvalue weighted by Gasteiger charge is 2.13. The summed E-state index contributed by atoms with van der Waals surface area (Å²) in [4.78, 5) is 20.5. The number of carboxylic acids is 2. The molecule has 94 valence electrons. The van der Waals surface area contributed by atoms with E-state index >= 15 is 0 Å². The lowest BCUT2D eigenvalue weighted by atomic mass is 10.1. The molecular formula is C10H18O6. The zero-order chi connectivity index (χ0) is 12.6. The van der Waals surface area contributed by atoms with E-state index in [4.69, 9.17) is 20.4 Å². The highest BCUT2D eigenvalue weighted by molar-refractivity contribution is 5.72. The lowest BCUT2D eigenvalue weighted by Crippen LogP contribution is -2.19. The summed E-state index contributed by atoms with van der Waals surface area (Å²) in [5.41, 5.74) is 0. The van der Waals surface area contributed by atoms with Crippen molar-refractivity contribution in [2.45, 2.75) is 50.7 Å². The maximum Gasteiger partial charge on any atom is 0.332 e. The van der Waals surface area contributed by atoms with Gasteiger partial charge in [-0.3, -0.25) is 0 Å². The number of aliphatic carboxylic acids is 2. The van der Waals surface area contributed by atoms with Gasteiger partial charge in [-0.2, -0.15) is 0 Å². The quantitative estimate of drug-likeness (QED) is 0.424. The molecule has 0 heterocycles. The average Bonchev–Trinajstić information content (AvgIpc) is 2.21. The van der Waals surface area contributed by atoms with Crippen LogP contribution in [0, 0.1) is 0 Å². The first-order chi connectivity index (χ1) is 7.45. The Balaban J connectivity index is 3.34. The molecule has 0 bridgehead atoms. The van der Waals surface area contributed by atoms with Gasteiger partial charge in [-0.1, -0.05) is 25.7 Å². The Hall–Kier alpha value is -1.14. The van der Waals surface area contributed by atoms with Crippen molar-refractivity contribution >= 4 is 11.9 Å². The molecule has 0 rings (SSSR count). The summed E-state index contributed by atoms with van der Waals surface area (Å²) in [6, 6.07) is 0. The second kappa shape index (κ2) is 8.06. The predicted octanol–water partition coefficient (Wildman–Crippen LogP) is 0.218. The van der Waals surface area contributed by atoms with Gasteiger partial charge in [0.15, 0.2) is 12.2 Å². The van der Waals surface area contributed by atoms with Crippen molar-refractivity contribution in [1.29, 1.82) is 0 Å². The summed E-state index contributed by atoms with van der Waals surface area (Å²) in [6.07, 6.45) is 0.378. The number of unbranched alkanes of at least 4 members (excludes halogenated alkanes) is 3. The molecule has 0 aromatic rings. The Labute approximate surface area is 93.5 Å². The van der Waals surface area contributed by atoms with Crippen molar-refractivity contribution < 1.29 is 30.0 Å². The number of hydrogen-bond acceptors (Lipinski definition) is 4. The number of carboxylic acid groups (broad SMARTS) is 2.